The maximum Gasteiger partial charge on any atom is 0.120 e. The first kappa shape index (κ1) is 13.9. The Hall–Kier alpha value is -0.550. The molecule has 0 amide bonds. The van der Waals surface area contributed by atoms with E-state index in [9.17, 15) is 0 Å². The SMILES string of the molecule is COc1ccc(C(N)c2cc(C)c(Br)s2)c(Cl)c1. The second-order valence-corrected chi connectivity index (χ2v) is 6.78. The maximum atomic E-state index is 6.26. The summed E-state index contributed by atoms with van der Waals surface area (Å²) in [7, 11) is 1.62. The van der Waals surface area contributed by atoms with E-state index in [-0.39, 0.29) is 6.04 Å². The molecule has 18 heavy (non-hydrogen) atoms. The minimum absolute atomic E-state index is 0.210. The Morgan fingerprint density at radius 2 is 2.11 bits per heavy atom. The first-order valence-electron chi connectivity index (χ1n) is 5.37. The zero-order valence-electron chi connectivity index (χ0n) is 10.0. The Labute approximate surface area is 124 Å². The number of halogens is 2. The topological polar surface area (TPSA) is 35.2 Å². The van der Waals surface area contributed by atoms with Crippen LogP contribution in [0.1, 0.15) is 22.0 Å². The summed E-state index contributed by atoms with van der Waals surface area (Å²) in [5.74, 6) is 0.736. The molecule has 0 bridgehead atoms. The molecule has 1 unspecified atom stereocenters. The fraction of sp³-hybridized carbons (Fsp3) is 0.231. The summed E-state index contributed by atoms with van der Waals surface area (Å²) in [5, 5.41) is 0.629. The third-order valence-electron chi connectivity index (χ3n) is 2.73. The summed E-state index contributed by atoms with van der Waals surface area (Å²) in [6.07, 6.45) is 0. The van der Waals surface area contributed by atoms with E-state index in [4.69, 9.17) is 22.1 Å². The van der Waals surface area contributed by atoms with Crippen LogP contribution in [-0.2, 0) is 0 Å². The molecule has 1 atom stereocenters. The molecule has 5 heteroatoms. The fourth-order valence-electron chi connectivity index (χ4n) is 1.68. The molecule has 0 spiro atoms. The van der Waals surface area contributed by atoms with Crippen LogP contribution >= 0.6 is 38.9 Å². The third kappa shape index (κ3) is 2.72. The molecule has 0 saturated carbocycles. The highest BCUT2D eigenvalue weighted by Crippen LogP contribution is 2.36. The molecule has 1 heterocycles. The average molecular weight is 347 g/mol. The zero-order valence-corrected chi connectivity index (χ0v) is 13.2. The van der Waals surface area contributed by atoms with Gasteiger partial charge in [0, 0.05) is 9.90 Å². The van der Waals surface area contributed by atoms with Gasteiger partial charge in [-0.2, -0.15) is 0 Å². The number of thiophene rings is 1. The van der Waals surface area contributed by atoms with Crippen LogP contribution < -0.4 is 10.5 Å². The normalized spacial score (nSPS) is 12.5. The van der Waals surface area contributed by atoms with Crippen LogP contribution in [0.25, 0.3) is 0 Å². The largest absolute Gasteiger partial charge is 0.497 e. The number of nitrogens with two attached hydrogens (primary N) is 1. The van der Waals surface area contributed by atoms with E-state index in [2.05, 4.69) is 22.0 Å². The molecular weight excluding hydrogens is 334 g/mol. The number of aryl methyl sites for hydroxylation is 1. The van der Waals surface area contributed by atoms with Crippen LogP contribution in [0, 0.1) is 6.92 Å². The Morgan fingerprint density at radius 1 is 1.39 bits per heavy atom. The highest BCUT2D eigenvalue weighted by atomic mass is 79.9. The van der Waals surface area contributed by atoms with Gasteiger partial charge in [0.15, 0.2) is 0 Å². The predicted molar refractivity (Wildman–Crippen MR) is 80.8 cm³/mol. The number of benzene rings is 1. The van der Waals surface area contributed by atoms with Gasteiger partial charge in [-0.3, -0.25) is 0 Å². The van der Waals surface area contributed by atoms with Gasteiger partial charge in [-0.25, -0.2) is 0 Å². The molecule has 96 valence electrons. The molecule has 0 radical (unpaired) electrons. The van der Waals surface area contributed by atoms with Gasteiger partial charge < -0.3 is 10.5 Å². The molecule has 0 fully saturated rings. The summed E-state index contributed by atoms with van der Waals surface area (Å²) in [5.41, 5.74) is 8.35. The summed E-state index contributed by atoms with van der Waals surface area (Å²) >= 11 is 11.4. The van der Waals surface area contributed by atoms with Crippen molar-refractivity contribution < 1.29 is 4.74 Å². The van der Waals surface area contributed by atoms with E-state index in [1.165, 1.54) is 5.56 Å². The van der Waals surface area contributed by atoms with Gasteiger partial charge in [0.25, 0.3) is 0 Å². The molecule has 2 nitrogen and oxygen atoms in total. The summed E-state index contributed by atoms with van der Waals surface area (Å²) < 4.78 is 6.24. The van der Waals surface area contributed by atoms with Gasteiger partial charge in [0.1, 0.15) is 5.75 Å². The number of methoxy groups -OCH3 is 1. The van der Waals surface area contributed by atoms with Crippen LogP contribution in [0.2, 0.25) is 5.02 Å². The van der Waals surface area contributed by atoms with Crippen molar-refractivity contribution in [3.8, 4) is 5.75 Å². The first-order valence-corrected chi connectivity index (χ1v) is 7.36. The summed E-state index contributed by atoms with van der Waals surface area (Å²) in [6, 6.07) is 7.44. The van der Waals surface area contributed by atoms with E-state index in [0.29, 0.717) is 5.02 Å². The predicted octanol–water partition coefficient (Wildman–Crippen LogP) is 4.53. The molecule has 0 aliphatic carbocycles. The molecule has 2 aromatic rings. The van der Waals surface area contributed by atoms with Gasteiger partial charge in [0.2, 0.25) is 0 Å². The Kier molecular flexibility index (Phi) is 4.33. The highest BCUT2D eigenvalue weighted by molar-refractivity contribution is 9.11. The van der Waals surface area contributed by atoms with E-state index < -0.39 is 0 Å². The number of rotatable bonds is 3. The van der Waals surface area contributed by atoms with Crippen LogP contribution in [-0.4, -0.2) is 7.11 Å². The van der Waals surface area contributed by atoms with Crippen molar-refractivity contribution in [3.05, 3.63) is 49.1 Å². The molecule has 1 aromatic carbocycles. The van der Waals surface area contributed by atoms with Crippen molar-refractivity contribution in [2.75, 3.05) is 7.11 Å². The van der Waals surface area contributed by atoms with E-state index >= 15 is 0 Å². The smallest absolute Gasteiger partial charge is 0.120 e. The van der Waals surface area contributed by atoms with Crippen molar-refractivity contribution in [2.24, 2.45) is 5.73 Å². The number of hydrogen-bond acceptors (Lipinski definition) is 3. The maximum absolute atomic E-state index is 6.26. The summed E-state index contributed by atoms with van der Waals surface area (Å²) in [4.78, 5) is 1.09. The lowest BCUT2D eigenvalue weighted by Crippen LogP contribution is -2.10. The van der Waals surface area contributed by atoms with Crippen molar-refractivity contribution in [1.82, 2.24) is 0 Å². The van der Waals surface area contributed by atoms with Crippen molar-refractivity contribution in [1.29, 1.82) is 0 Å². The van der Waals surface area contributed by atoms with Gasteiger partial charge in [-0.15, -0.1) is 11.3 Å². The minimum Gasteiger partial charge on any atom is -0.497 e. The molecule has 2 rings (SSSR count). The second kappa shape index (κ2) is 5.61. The monoisotopic (exact) mass is 345 g/mol. The Balaban J connectivity index is 2.36. The van der Waals surface area contributed by atoms with Crippen molar-refractivity contribution in [2.45, 2.75) is 13.0 Å². The van der Waals surface area contributed by atoms with Gasteiger partial charge in [-0.05, 0) is 52.2 Å². The van der Waals surface area contributed by atoms with Gasteiger partial charge in [0.05, 0.1) is 16.9 Å². The van der Waals surface area contributed by atoms with E-state index in [0.717, 1.165) is 20.0 Å². The summed E-state index contributed by atoms with van der Waals surface area (Å²) in [6.45, 7) is 2.05. The molecule has 0 aliphatic rings. The van der Waals surface area contributed by atoms with E-state index in [1.807, 2.05) is 19.1 Å². The standard InChI is InChI=1S/C13H13BrClNOS/c1-7-5-11(18-13(7)14)12(16)9-4-3-8(17-2)6-10(9)15/h3-6,12H,16H2,1-2H3. The lowest BCUT2D eigenvalue weighted by molar-refractivity contribution is 0.414. The quantitative estimate of drug-likeness (QED) is 0.886. The lowest BCUT2D eigenvalue weighted by atomic mass is 10.1. The number of ether oxygens (including phenoxy) is 1. The zero-order chi connectivity index (χ0) is 13.3. The Morgan fingerprint density at radius 3 is 2.61 bits per heavy atom. The fourth-order valence-corrected chi connectivity index (χ4v) is 3.56. The lowest BCUT2D eigenvalue weighted by Gasteiger charge is -2.13. The molecule has 1 aromatic heterocycles. The highest BCUT2D eigenvalue weighted by Gasteiger charge is 2.16. The minimum atomic E-state index is -0.210. The van der Waals surface area contributed by atoms with Crippen LogP contribution in [0.3, 0.4) is 0 Å². The van der Waals surface area contributed by atoms with Gasteiger partial charge in [-0.1, -0.05) is 17.7 Å². The molecule has 0 saturated heterocycles. The van der Waals surface area contributed by atoms with Crippen LogP contribution in [0.4, 0.5) is 0 Å². The Bertz CT molecular complexity index is 551. The van der Waals surface area contributed by atoms with E-state index in [1.54, 1.807) is 24.5 Å². The van der Waals surface area contributed by atoms with Crippen molar-refractivity contribution >= 4 is 38.9 Å². The van der Waals surface area contributed by atoms with Crippen molar-refractivity contribution in [3.63, 3.8) is 0 Å². The number of hydrogen-bond donors (Lipinski definition) is 1. The van der Waals surface area contributed by atoms with Crippen LogP contribution in [0.15, 0.2) is 28.1 Å². The average Bonchev–Trinajstić information content (AvgIpc) is 2.68. The molecule has 0 aliphatic heterocycles. The van der Waals surface area contributed by atoms with Gasteiger partial charge >= 0.3 is 0 Å². The molecular formula is C13H13BrClNOS. The van der Waals surface area contributed by atoms with Crippen LogP contribution in [0.5, 0.6) is 5.75 Å². The first-order chi connectivity index (χ1) is 8.52. The second-order valence-electron chi connectivity index (χ2n) is 3.97. The molecule has 2 N–H and O–H groups in total. The third-order valence-corrected chi connectivity index (χ3v) is 5.27.